The van der Waals surface area contributed by atoms with E-state index in [0.717, 1.165) is 0 Å². The highest BCUT2D eigenvalue weighted by Crippen LogP contribution is 2.38. The second-order valence-electron chi connectivity index (χ2n) is 5.86. The first kappa shape index (κ1) is 17.4. The maximum atomic E-state index is 13.8. The number of anilines is 1. The molecule has 6 heteroatoms. The minimum Gasteiger partial charge on any atom is -0.478 e. The summed E-state index contributed by atoms with van der Waals surface area (Å²) in [5.74, 6) is -1.82. The van der Waals surface area contributed by atoms with Gasteiger partial charge in [0.05, 0.1) is 24.2 Å². The van der Waals surface area contributed by atoms with E-state index in [4.69, 9.17) is 0 Å². The quantitative estimate of drug-likeness (QED) is 0.832. The molecule has 0 radical (unpaired) electrons. The molecule has 0 atom stereocenters. The summed E-state index contributed by atoms with van der Waals surface area (Å²) < 4.78 is 14.2. The molecule has 1 amide bonds. The third kappa shape index (κ3) is 3.35. The molecular formula is C19H15BrFNO3. The average Bonchev–Trinajstić information content (AvgIpc) is 2.69. The highest BCUT2D eigenvalue weighted by Gasteiger charge is 2.29. The van der Waals surface area contributed by atoms with E-state index in [9.17, 15) is 19.1 Å². The second-order valence-corrected chi connectivity index (χ2v) is 6.65. The normalized spacial score (nSPS) is 14.4. The number of amides is 1. The topological polar surface area (TPSA) is 57.6 Å². The summed E-state index contributed by atoms with van der Waals surface area (Å²) in [5, 5.41) is 9.41. The SMILES string of the molecule is Cc1ccc(CN2C(=O)CC(C(=O)O)=C(Br)c3ccccc32)cc1F. The molecule has 0 saturated carbocycles. The Morgan fingerprint density at radius 1 is 1.28 bits per heavy atom. The van der Waals surface area contributed by atoms with Crippen LogP contribution >= 0.6 is 15.9 Å². The third-order valence-corrected chi connectivity index (χ3v) is 5.07. The second kappa shape index (κ2) is 6.80. The number of carboxylic acid groups (broad SMARTS) is 1. The molecule has 4 nitrogen and oxygen atoms in total. The maximum absolute atomic E-state index is 13.8. The van der Waals surface area contributed by atoms with Crippen LogP contribution in [0.3, 0.4) is 0 Å². The summed E-state index contributed by atoms with van der Waals surface area (Å²) in [7, 11) is 0. The molecule has 2 aromatic rings. The van der Waals surface area contributed by atoms with Gasteiger partial charge in [0.25, 0.3) is 0 Å². The largest absolute Gasteiger partial charge is 0.478 e. The van der Waals surface area contributed by atoms with Crippen molar-refractivity contribution in [1.29, 1.82) is 0 Å². The Morgan fingerprint density at radius 3 is 2.68 bits per heavy atom. The van der Waals surface area contributed by atoms with Gasteiger partial charge in [-0.3, -0.25) is 4.79 Å². The lowest BCUT2D eigenvalue weighted by Crippen LogP contribution is -2.30. The number of carbonyl (C=O) groups excluding carboxylic acids is 1. The van der Waals surface area contributed by atoms with Crippen LogP contribution in [0.4, 0.5) is 10.1 Å². The van der Waals surface area contributed by atoms with Crippen molar-refractivity contribution in [3.63, 3.8) is 0 Å². The van der Waals surface area contributed by atoms with Crippen LogP contribution in [0.1, 0.15) is 23.1 Å². The minimum atomic E-state index is -1.14. The van der Waals surface area contributed by atoms with Crippen LogP contribution in [0.2, 0.25) is 0 Å². The van der Waals surface area contributed by atoms with Crippen molar-refractivity contribution in [2.24, 2.45) is 0 Å². The average molecular weight is 404 g/mol. The van der Waals surface area contributed by atoms with Crippen LogP contribution in [-0.4, -0.2) is 17.0 Å². The Labute approximate surface area is 152 Å². The number of aliphatic carboxylic acids is 1. The Bertz CT molecular complexity index is 907. The van der Waals surface area contributed by atoms with Gasteiger partial charge in [-0.15, -0.1) is 0 Å². The molecule has 1 heterocycles. The number of halogens is 2. The predicted octanol–water partition coefficient (Wildman–Crippen LogP) is 4.26. The number of fused-ring (bicyclic) bond motifs is 1. The van der Waals surface area contributed by atoms with E-state index < -0.39 is 5.97 Å². The Morgan fingerprint density at radius 2 is 2.00 bits per heavy atom. The van der Waals surface area contributed by atoms with Gasteiger partial charge < -0.3 is 10.0 Å². The van der Waals surface area contributed by atoms with Gasteiger partial charge in [0.2, 0.25) is 5.91 Å². The van der Waals surface area contributed by atoms with Gasteiger partial charge in [-0.2, -0.15) is 0 Å². The lowest BCUT2D eigenvalue weighted by Gasteiger charge is -2.23. The van der Waals surface area contributed by atoms with Crippen LogP contribution in [0.15, 0.2) is 48.0 Å². The summed E-state index contributed by atoms with van der Waals surface area (Å²) >= 11 is 3.33. The first-order valence-corrected chi connectivity index (χ1v) is 8.44. The molecule has 1 aliphatic heterocycles. The number of hydrogen-bond acceptors (Lipinski definition) is 2. The van der Waals surface area contributed by atoms with E-state index in [1.807, 2.05) is 0 Å². The van der Waals surface area contributed by atoms with E-state index in [2.05, 4.69) is 15.9 Å². The molecule has 0 saturated heterocycles. The number of carboxylic acids is 1. The highest BCUT2D eigenvalue weighted by atomic mass is 79.9. The molecule has 1 aliphatic rings. The van der Waals surface area contributed by atoms with Gasteiger partial charge in [-0.1, -0.05) is 30.3 Å². The van der Waals surface area contributed by atoms with Crippen LogP contribution < -0.4 is 4.90 Å². The van der Waals surface area contributed by atoms with Gasteiger partial charge in [0, 0.05) is 10.0 Å². The molecule has 0 unspecified atom stereocenters. The van der Waals surface area contributed by atoms with Crippen molar-refractivity contribution >= 4 is 38.0 Å². The van der Waals surface area contributed by atoms with Gasteiger partial charge >= 0.3 is 5.97 Å². The molecule has 2 aromatic carbocycles. The molecule has 25 heavy (non-hydrogen) atoms. The van der Waals surface area contributed by atoms with Crippen molar-refractivity contribution in [3.05, 3.63) is 70.5 Å². The lowest BCUT2D eigenvalue weighted by molar-refractivity contribution is -0.133. The number of rotatable bonds is 3. The first-order valence-electron chi connectivity index (χ1n) is 7.65. The van der Waals surface area contributed by atoms with Crippen LogP contribution in [-0.2, 0) is 16.1 Å². The zero-order chi connectivity index (χ0) is 18.1. The van der Waals surface area contributed by atoms with E-state index >= 15 is 0 Å². The zero-order valence-electron chi connectivity index (χ0n) is 13.4. The number of benzene rings is 2. The Kier molecular flexibility index (Phi) is 4.72. The minimum absolute atomic E-state index is 0.00929. The fourth-order valence-electron chi connectivity index (χ4n) is 2.78. The van der Waals surface area contributed by atoms with Crippen molar-refractivity contribution < 1.29 is 19.1 Å². The predicted molar refractivity (Wildman–Crippen MR) is 96.9 cm³/mol. The van der Waals surface area contributed by atoms with Gasteiger partial charge in [0.15, 0.2) is 0 Å². The van der Waals surface area contributed by atoms with Crippen LogP contribution in [0.25, 0.3) is 4.48 Å². The molecule has 0 fully saturated rings. The van der Waals surface area contributed by atoms with Crippen LogP contribution in [0, 0.1) is 12.7 Å². The Hall–Kier alpha value is -2.47. The molecular weight excluding hydrogens is 389 g/mol. The summed E-state index contributed by atoms with van der Waals surface area (Å²) in [4.78, 5) is 25.7. The van der Waals surface area contributed by atoms with Crippen molar-refractivity contribution in [2.75, 3.05) is 4.90 Å². The van der Waals surface area contributed by atoms with Crippen LogP contribution in [0.5, 0.6) is 0 Å². The smallest absolute Gasteiger partial charge is 0.333 e. The van der Waals surface area contributed by atoms with Crippen molar-refractivity contribution in [1.82, 2.24) is 0 Å². The van der Waals surface area contributed by atoms with Crippen molar-refractivity contribution in [2.45, 2.75) is 19.9 Å². The van der Waals surface area contributed by atoms with Crippen molar-refractivity contribution in [3.8, 4) is 0 Å². The maximum Gasteiger partial charge on any atom is 0.333 e. The first-order chi connectivity index (χ1) is 11.9. The van der Waals surface area contributed by atoms with E-state index in [1.165, 1.54) is 11.0 Å². The van der Waals surface area contributed by atoms with Gasteiger partial charge in [-0.05, 0) is 46.1 Å². The number of carbonyl (C=O) groups is 2. The molecule has 1 N–H and O–H groups in total. The summed E-state index contributed by atoms with van der Waals surface area (Å²) in [6.07, 6.45) is -0.237. The zero-order valence-corrected chi connectivity index (χ0v) is 15.0. The fourth-order valence-corrected chi connectivity index (χ4v) is 3.42. The molecule has 0 spiro atoms. The lowest BCUT2D eigenvalue weighted by atomic mass is 10.1. The monoisotopic (exact) mass is 403 g/mol. The number of aryl methyl sites for hydroxylation is 1. The molecule has 0 aromatic heterocycles. The number of hydrogen-bond donors (Lipinski definition) is 1. The summed E-state index contributed by atoms with van der Waals surface area (Å²) in [5.41, 5.74) is 2.40. The van der Waals surface area contributed by atoms with Gasteiger partial charge in [-0.25, -0.2) is 9.18 Å². The number of para-hydroxylation sites is 1. The number of nitrogens with zero attached hydrogens (tertiary/aromatic N) is 1. The van der Waals surface area contributed by atoms with E-state index in [-0.39, 0.29) is 30.3 Å². The molecule has 128 valence electrons. The van der Waals surface area contributed by atoms with E-state index in [0.29, 0.717) is 26.9 Å². The standard InChI is InChI=1S/C19H15BrFNO3/c1-11-6-7-12(8-15(11)21)10-22-16-5-3-2-4-13(16)18(20)14(19(24)25)9-17(22)23/h2-8H,9-10H2,1H3,(H,24,25). The fraction of sp³-hybridized carbons (Fsp3) is 0.158. The third-order valence-electron chi connectivity index (χ3n) is 4.16. The summed E-state index contributed by atoms with van der Waals surface area (Å²) in [6.45, 7) is 1.84. The molecule has 0 bridgehead atoms. The summed E-state index contributed by atoms with van der Waals surface area (Å²) in [6, 6.07) is 11.9. The van der Waals surface area contributed by atoms with Gasteiger partial charge in [0.1, 0.15) is 5.82 Å². The molecule has 0 aliphatic carbocycles. The molecule has 3 rings (SSSR count). The Balaban J connectivity index is 2.07. The van der Waals surface area contributed by atoms with E-state index in [1.54, 1.807) is 43.3 Å². The highest BCUT2D eigenvalue weighted by molar-refractivity contribution is 9.15.